The number of nitrogens with one attached hydrogen (secondary N) is 1. The number of aromatic amines is 1. The predicted octanol–water partition coefficient (Wildman–Crippen LogP) is 4.55. The van der Waals surface area contributed by atoms with E-state index in [-0.39, 0.29) is 4.90 Å². The molecule has 0 spiro atoms. The van der Waals surface area contributed by atoms with Crippen LogP contribution in [0.4, 0.5) is 0 Å². The second-order valence-electron chi connectivity index (χ2n) is 6.79. The first-order valence-electron chi connectivity index (χ1n) is 9.53. The molecule has 0 aliphatic heterocycles. The Balaban J connectivity index is 1.54. The molecule has 2 aromatic carbocycles. The Kier molecular flexibility index (Phi) is 5.74. The fourth-order valence-electron chi connectivity index (χ4n) is 3.37. The summed E-state index contributed by atoms with van der Waals surface area (Å²) in [5.41, 5.74) is 2.38. The van der Waals surface area contributed by atoms with E-state index in [2.05, 4.69) is 9.97 Å². The molecule has 2 heterocycles. The second-order valence-corrected chi connectivity index (χ2v) is 8.68. The summed E-state index contributed by atoms with van der Waals surface area (Å²) in [6, 6.07) is 22.1. The number of ether oxygens (including phenoxy) is 1. The maximum atomic E-state index is 13.3. The van der Waals surface area contributed by atoms with Crippen LogP contribution in [0.3, 0.4) is 0 Å². The monoisotopic (exact) mass is 406 g/mol. The van der Waals surface area contributed by atoms with Crippen molar-refractivity contribution in [1.82, 2.24) is 9.97 Å². The molecule has 0 bridgehead atoms. The van der Waals surface area contributed by atoms with Gasteiger partial charge in [-0.2, -0.15) is 0 Å². The average Bonchev–Trinajstić information content (AvgIpc) is 3.14. The number of sulfone groups is 1. The Morgan fingerprint density at radius 1 is 0.897 bits per heavy atom. The molecule has 6 heteroatoms. The highest BCUT2D eigenvalue weighted by molar-refractivity contribution is 7.91. The number of benzene rings is 2. The van der Waals surface area contributed by atoms with Crippen LogP contribution in [-0.2, 0) is 27.6 Å². The Hall–Kier alpha value is -2.96. The van der Waals surface area contributed by atoms with Crippen LogP contribution < -0.4 is 0 Å². The number of H-pyrrole nitrogens is 1. The van der Waals surface area contributed by atoms with Gasteiger partial charge in [-0.25, -0.2) is 13.4 Å². The molecule has 0 atom stereocenters. The van der Waals surface area contributed by atoms with Crippen LogP contribution in [0, 0.1) is 0 Å². The van der Waals surface area contributed by atoms with E-state index in [1.807, 2.05) is 30.3 Å². The Bertz CT molecular complexity index is 1190. The maximum Gasteiger partial charge on any atom is 0.209 e. The van der Waals surface area contributed by atoms with Crippen molar-refractivity contribution < 1.29 is 13.2 Å². The molecule has 4 rings (SSSR count). The van der Waals surface area contributed by atoms with Crippen molar-refractivity contribution in [3.8, 4) is 0 Å². The zero-order valence-electron chi connectivity index (χ0n) is 15.9. The molecular formula is C23H22N2O3S. The van der Waals surface area contributed by atoms with Gasteiger partial charge in [-0.05, 0) is 42.7 Å². The fourth-order valence-corrected chi connectivity index (χ4v) is 5.05. The third-order valence-corrected chi connectivity index (χ3v) is 6.64. The number of nitrogens with zero attached hydrogens (tertiary/aromatic N) is 1. The van der Waals surface area contributed by atoms with E-state index in [0.29, 0.717) is 47.7 Å². The minimum Gasteiger partial charge on any atom is -0.377 e. The highest BCUT2D eigenvalue weighted by Gasteiger charge is 2.26. The number of rotatable bonds is 8. The molecule has 5 nitrogen and oxygen atoms in total. The third-order valence-electron chi connectivity index (χ3n) is 4.74. The van der Waals surface area contributed by atoms with Crippen molar-refractivity contribution in [1.29, 1.82) is 0 Å². The molecule has 4 aromatic rings. The SMILES string of the molecule is O=S(=O)(c1ccccc1)c1c(CCCOCc2ccccc2)[nH]c2ncccc12. The first kappa shape index (κ1) is 19.4. The summed E-state index contributed by atoms with van der Waals surface area (Å²) in [4.78, 5) is 8.10. The summed E-state index contributed by atoms with van der Waals surface area (Å²) < 4.78 is 32.4. The second kappa shape index (κ2) is 8.59. The summed E-state index contributed by atoms with van der Waals surface area (Å²) in [5, 5.41) is 0.622. The maximum absolute atomic E-state index is 13.3. The lowest BCUT2D eigenvalue weighted by molar-refractivity contribution is 0.118. The van der Waals surface area contributed by atoms with Crippen LogP contribution in [0.2, 0.25) is 0 Å². The normalized spacial score (nSPS) is 11.7. The molecule has 0 unspecified atom stereocenters. The molecule has 0 aliphatic carbocycles. The van der Waals surface area contributed by atoms with Gasteiger partial charge < -0.3 is 9.72 Å². The molecule has 29 heavy (non-hydrogen) atoms. The zero-order valence-corrected chi connectivity index (χ0v) is 16.7. The van der Waals surface area contributed by atoms with Crippen LogP contribution in [0.25, 0.3) is 11.0 Å². The van der Waals surface area contributed by atoms with Crippen molar-refractivity contribution in [3.05, 3.63) is 90.3 Å². The fraction of sp³-hybridized carbons (Fsp3) is 0.174. The van der Waals surface area contributed by atoms with Gasteiger partial charge in [0.1, 0.15) is 10.5 Å². The molecule has 1 N–H and O–H groups in total. The van der Waals surface area contributed by atoms with Gasteiger partial charge in [0, 0.05) is 23.9 Å². The van der Waals surface area contributed by atoms with Gasteiger partial charge in [-0.15, -0.1) is 0 Å². The number of aromatic nitrogens is 2. The van der Waals surface area contributed by atoms with Crippen LogP contribution >= 0.6 is 0 Å². The molecule has 0 saturated carbocycles. The van der Waals surface area contributed by atoms with Crippen molar-refractivity contribution in [2.24, 2.45) is 0 Å². The largest absolute Gasteiger partial charge is 0.377 e. The third kappa shape index (κ3) is 4.23. The number of hydrogen-bond acceptors (Lipinski definition) is 4. The Morgan fingerprint density at radius 3 is 2.38 bits per heavy atom. The zero-order chi connectivity index (χ0) is 20.1. The van der Waals surface area contributed by atoms with Crippen molar-refractivity contribution >= 4 is 20.9 Å². The average molecular weight is 407 g/mol. The van der Waals surface area contributed by atoms with Crippen LogP contribution in [0.15, 0.2) is 88.8 Å². The van der Waals surface area contributed by atoms with Gasteiger partial charge in [0.25, 0.3) is 0 Å². The lowest BCUT2D eigenvalue weighted by atomic mass is 10.2. The van der Waals surface area contributed by atoms with Crippen LogP contribution in [-0.4, -0.2) is 25.0 Å². The molecule has 0 aliphatic rings. The molecule has 0 radical (unpaired) electrons. The lowest BCUT2D eigenvalue weighted by Crippen LogP contribution is -2.06. The molecule has 0 fully saturated rings. The van der Waals surface area contributed by atoms with Gasteiger partial charge in [-0.1, -0.05) is 48.5 Å². The van der Waals surface area contributed by atoms with E-state index in [1.165, 1.54) is 0 Å². The smallest absolute Gasteiger partial charge is 0.209 e. The number of aryl methyl sites for hydroxylation is 1. The predicted molar refractivity (Wildman–Crippen MR) is 112 cm³/mol. The summed E-state index contributed by atoms with van der Waals surface area (Å²) in [7, 11) is -3.65. The van der Waals surface area contributed by atoms with Gasteiger partial charge in [0.05, 0.1) is 11.5 Å². The van der Waals surface area contributed by atoms with Crippen LogP contribution in [0.1, 0.15) is 17.7 Å². The van der Waals surface area contributed by atoms with E-state index in [9.17, 15) is 8.42 Å². The highest BCUT2D eigenvalue weighted by atomic mass is 32.2. The molecule has 2 aromatic heterocycles. The van der Waals surface area contributed by atoms with Crippen LogP contribution in [0.5, 0.6) is 0 Å². The van der Waals surface area contributed by atoms with Gasteiger partial charge in [0.15, 0.2) is 0 Å². The van der Waals surface area contributed by atoms with Crippen molar-refractivity contribution in [2.45, 2.75) is 29.2 Å². The number of pyridine rings is 1. The summed E-state index contributed by atoms with van der Waals surface area (Å²) in [6.45, 7) is 1.09. The topological polar surface area (TPSA) is 72.1 Å². The quantitative estimate of drug-likeness (QED) is 0.436. The summed E-state index contributed by atoms with van der Waals surface area (Å²) >= 11 is 0. The van der Waals surface area contributed by atoms with Crippen molar-refractivity contribution in [2.75, 3.05) is 6.61 Å². The van der Waals surface area contributed by atoms with Crippen molar-refractivity contribution in [3.63, 3.8) is 0 Å². The molecular weight excluding hydrogens is 384 g/mol. The van der Waals surface area contributed by atoms with Gasteiger partial charge in [-0.3, -0.25) is 0 Å². The first-order valence-corrected chi connectivity index (χ1v) is 11.0. The van der Waals surface area contributed by atoms with E-state index in [0.717, 1.165) is 5.56 Å². The number of hydrogen-bond donors (Lipinski definition) is 1. The summed E-state index contributed by atoms with van der Waals surface area (Å²) in [5.74, 6) is 0. The van der Waals surface area contributed by atoms with Gasteiger partial charge in [0.2, 0.25) is 9.84 Å². The van der Waals surface area contributed by atoms with E-state index < -0.39 is 9.84 Å². The Labute approximate surface area is 170 Å². The summed E-state index contributed by atoms with van der Waals surface area (Å²) in [6.07, 6.45) is 2.92. The van der Waals surface area contributed by atoms with E-state index in [4.69, 9.17) is 4.74 Å². The van der Waals surface area contributed by atoms with Gasteiger partial charge >= 0.3 is 0 Å². The number of fused-ring (bicyclic) bond motifs is 1. The lowest BCUT2D eigenvalue weighted by Gasteiger charge is -2.08. The van der Waals surface area contributed by atoms with E-state index >= 15 is 0 Å². The molecule has 0 amide bonds. The minimum absolute atomic E-state index is 0.284. The minimum atomic E-state index is -3.65. The highest BCUT2D eigenvalue weighted by Crippen LogP contribution is 2.31. The molecule has 0 saturated heterocycles. The molecule has 148 valence electrons. The Morgan fingerprint density at radius 2 is 1.62 bits per heavy atom. The standard InChI is InChI=1S/C23H22N2O3S/c26-29(27,19-11-5-2-6-12-19)22-20-13-7-15-24-23(20)25-21(22)14-8-16-28-17-18-9-3-1-4-10-18/h1-7,9-13,15H,8,14,16-17H2,(H,24,25). The first-order chi connectivity index (χ1) is 14.2. The van der Waals surface area contributed by atoms with E-state index in [1.54, 1.807) is 48.7 Å².